The molecule has 7 aliphatic rings. The molecule has 0 N–H and O–H groups in total. The van der Waals surface area contributed by atoms with Gasteiger partial charge in [-0.25, -0.2) is 0 Å². The van der Waals surface area contributed by atoms with Gasteiger partial charge >= 0.3 is 11.9 Å². The number of likely N-dealkylation sites (N-methyl/N-ethyl adjacent to an activating group) is 1. The van der Waals surface area contributed by atoms with Crippen molar-refractivity contribution in [1.82, 2.24) is 4.90 Å². The molecular formula is C24H28N2O5. The molecule has 0 amide bonds. The predicted molar refractivity (Wildman–Crippen MR) is 112 cm³/mol. The molecule has 6 heterocycles. The van der Waals surface area contributed by atoms with Gasteiger partial charge in [0.15, 0.2) is 0 Å². The second kappa shape index (κ2) is 5.90. The van der Waals surface area contributed by atoms with Crippen molar-refractivity contribution in [2.24, 2.45) is 11.3 Å². The number of hydrogen-bond acceptors (Lipinski definition) is 7. The summed E-state index contributed by atoms with van der Waals surface area (Å²) in [6.07, 6.45) is 2.43. The molecule has 0 radical (unpaired) electrons. The molecule has 6 bridgehead atoms. The SMILES string of the molecule is C/C=C1/CN2CCC34c5ccccc5N(C)C23C2CC1C4(C(=O)OC)C(OC(C)=O)O2. The average molecular weight is 424 g/mol. The van der Waals surface area contributed by atoms with E-state index in [4.69, 9.17) is 14.2 Å². The van der Waals surface area contributed by atoms with Crippen LogP contribution in [-0.4, -0.2) is 62.1 Å². The number of esters is 2. The summed E-state index contributed by atoms with van der Waals surface area (Å²) in [5.41, 5.74) is 1.17. The number of nitrogens with zero attached hydrogens (tertiary/aromatic N) is 2. The Morgan fingerprint density at radius 3 is 2.77 bits per heavy atom. The average Bonchev–Trinajstić information content (AvgIpc) is 3.17. The maximum Gasteiger partial charge on any atom is 0.319 e. The summed E-state index contributed by atoms with van der Waals surface area (Å²) in [4.78, 5) is 31.1. The van der Waals surface area contributed by atoms with Gasteiger partial charge in [0.1, 0.15) is 17.2 Å². The van der Waals surface area contributed by atoms with E-state index >= 15 is 0 Å². The lowest BCUT2D eigenvalue weighted by atomic mass is 9.43. The van der Waals surface area contributed by atoms with E-state index in [9.17, 15) is 9.59 Å². The Morgan fingerprint density at radius 2 is 2.06 bits per heavy atom. The smallest absolute Gasteiger partial charge is 0.319 e. The van der Waals surface area contributed by atoms with Crippen molar-refractivity contribution < 1.29 is 23.8 Å². The number of benzene rings is 1. The van der Waals surface area contributed by atoms with Crippen LogP contribution in [0.5, 0.6) is 0 Å². The maximum absolute atomic E-state index is 14.0. The van der Waals surface area contributed by atoms with Crippen LogP contribution in [0, 0.1) is 11.3 Å². The van der Waals surface area contributed by atoms with Crippen LogP contribution < -0.4 is 4.90 Å². The Morgan fingerprint density at radius 1 is 1.29 bits per heavy atom. The molecule has 1 aromatic carbocycles. The molecule has 6 fully saturated rings. The lowest BCUT2D eigenvalue weighted by Gasteiger charge is -2.67. The van der Waals surface area contributed by atoms with Gasteiger partial charge in [-0.3, -0.25) is 14.5 Å². The number of hydrogen-bond donors (Lipinski definition) is 0. The summed E-state index contributed by atoms with van der Waals surface area (Å²) >= 11 is 0. The molecule has 7 nitrogen and oxygen atoms in total. The van der Waals surface area contributed by atoms with Gasteiger partial charge in [0, 0.05) is 38.7 Å². The van der Waals surface area contributed by atoms with Gasteiger partial charge in [-0.1, -0.05) is 29.8 Å². The highest BCUT2D eigenvalue weighted by molar-refractivity contribution is 5.87. The molecule has 1 saturated carbocycles. The maximum atomic E-state index is 14.0. The number of rotatable bonds is 2. The number of fused-ring (bicyclic) bond motifs is 3. The molecule has 7 unspecified atom stereocenters. The molecule has 6 aliphatic heterocycles. The highest BCUT2D eigenvalue weighted by Crippen LogP contribution is 2.78. The monoisotopic (exact) mass is 424 g/mol. The van der Waals surface area contributed by atoms with Crippen molar-refractivity contribution in [2.45, 2.75) is 50.2 Å². The summed E-state index contributed by atoms with van der Waals surface area (Å²) in [6.45, 7) is 5.02. The van der Waals surface area contributed by atoms with Crippen molar-refractivity contribution in [1.29, 1.82) is 0 Å². The topological polar surface area (TPSA) is 68.3 Å². The molecule has 1 spiro atoms. The fourth-order valence-corrected chi connectivity index (χ4v) is 8.25. The molecule has 31 heavy (non-hydrogen) atoms. The predicted octanol–water partition coefficient (Wildman–Crippen LogP) is 2.20. The highest BCUT2D eigenvalue weighted by Gasteiger charge is 2.90. The van der Waals surface area contributed by atoms with Crippen LogP contribution in [0.3, 0.4) is 0 Å². The van der Waals surface area contributed by atoms with Gasteiger partial charge in [0.2, 0.25) is 6.29 Å². The van der Waals surface area contributed by atoms with Gasteiger partial charge in [-0.05, 0) is 31.4 Å². The summed E-state index contributed by atoms with van der Waals surface area (Å²) < 4.78 is 17.9. The van der Waals surface area contributed by atoms with E-state index in [0.29, 0.717) is 6.42 Å². The van der Waals surface area contributed by atoms with Crippen LogP contribution in [-0.2, 0) is 29.2 Å². The first-order chi connectivity index (χ1) is 14.9. The standard InChI is InChI=1S/C24H28N2O5/c1-5-15-13-26-11-10-22-16-8-6-7-9-18(16)25(3)24(22,26)19-12-17(15)23(22,20(28)29-4)21(31-19)30-14(2)27/h5-9,17,19,21H,10-13H2,1-4H3/b15-5-. The van der Waals surface area contributed by atoms with Gasteiger partial charge in [0.25, 0.3) is 0 Å². The number of ether oxygens (including phenoxy) is 3. The summed E-state index contributed by atoms with van der Waals surface area (Å²) in [6, 6.07) is 8.35. The van der Waals surface area contributed by atoms with E-state index in [2.05, 4.69) is 35.1 Å². The Kier molecular flexibility index (Phi) is 3.67. The van der Waals surface area contributed by atoms with Gasteiger partial charge in [-0.15, -0.1) is 0 Å². The van der Waals surface area contributed by atoms with Gasteiger partial charge in [0.05, 0.1) is 12.5 Å². The Balaban J connectivity index is 1.77. The number of allylic oxidation sites excluding steroid dienone is 1. The Bertz CT molecular complexity index is 1040. The summed E-state index contributed by atoms with van der Waals surface area (Å²) in [7, 11) is 3.55. The lowest BCUT2D eigenvalue weighted by molar-refractivity contribution is -0.334. The van der Waals surface area contributed by atoms with E-state index in [1.165, 1.54) is 19.6 Å². The molecule has 1 aromatic rings. The molecular weight excluding hydrogens is 396 g/mol. The van der Waals surface area contributed by atoms with Crippen molar-refractivity contribution in [3.8, 4) is 0 Å². The molecule has 164 valence electrons. The summed E-state index contributed by atoms with van der Waals surface area (Å²) in [5, 5.41) is 0. The van der Waals surface area contributed by atoms with E-state index < -0.39 is 28.8 Å². The third-order valence-electron chi connectivity index (χ3n) is 8.91. The molecule has 0 aromatic heterocycles. The van der Waals surface area contributed by atoms with E-state index in [-0.39, 0.29) is 18.0 Å². The second-order valence-electron chi connectivity index (χ2n) is 9.46. The number of carbonyl (C=O) groups excluding carboxylic acids is 2. The number of methoxy groups -OCH3 is 1. The van der Waals surface area contributed by atoms with Gasteiger partial charge in [-0.2, -0.15) is 0 Å². The minimum absolute atomic E-state index is 0.119. The first-order valence-corrected chi connectivity index (χ1v) is 11.1. The largest absolute Gasteiger partial charge is 0.468 e. The highest BCUT2D eigenvalue weighted by atomic mass is 16.7. The Labute approximate surface area is 181 Å². The normalized spacial score (nSPS) is 44.8. The van der Waals surface area contributed by atoms with E-state index in [0.717, 1.165) is 30.8 Å². The number of anilines is 1. The molecule has 8 rings (SSSR count). The van der Waals surface area contributed by atoms with Crippen LogP contribution in [0.25, 0.3) is 0 Å². The van der Waals surface area contributed by atoms with Crippen molar-refractivity contribution in [3.63, 3.8) is 0 Å². The summed E-state index contributed by atoms with van der Waals surface area (Å²) in [5.74, 6) is -0.914. The Hall–Kier alpha value is -2.38. The minimum Gasteiger partial charge on any atom is -0.468 e. The first kappa shape index (κ1) is 19.3. The van der Waals surface area contributed by atoms with Crippen LogP contribution >= 0.6 is 0 Å². The quantitative estimate of drug-likeness (QED) is 0.533. The van der Waals surface area contributed by atoms with Gasteiger partial charge < -0.3 is 19.1 Å². The number of para-hydroxylation sites is 1. The lowest BCUT2D eigenvalue weighted by Crippen LogP contribution is -2.83. The molecule has 7 atom stereocenters. The fourth-order valence-electron chi connectivity index (χ4n) is 8.25. The van der Waals surface area contributed by atoms with Crippen LogP contribution in [0.1, 0.15) is 32.3 Å². The zero-order valence-electron chi connectivity index (χ0n) is 18.4. The zero-order chi connectivity index (χ0) is 21.8. The van der Waals surface area contributed by atoms with E-state index in [1.807, 2.05) is 19.1 Å². The van der Waals surface area contributed by atoms with Crippen LogP contribution in [0.2, 0.25) is 0 Å². The van der Waals surface area contributed by atoms with Crippen LogP contribution in [0.15, 0.2) is 35.9 Å². The molecule has 7 heteroatoms. The van der Waals surface area contributed by atoms with Crippen LogP contribution in [0.4, 0.5) is 5.69 Å². The van der Waals surface area contributed by atoms with Crippen molar-refractivity contribution in [3.05, 3.63) is 41.5 Å². The van der Waals surface area contributed by atoms with Crippen molar-refractivity contribution in [2.75, 3.05) is 32.1 Å². The third-order valence-corrected chi connectivity index (χ3v) is 8.91. The fraction of sp³-hybridized carbons (Fsp3) is 0.583. The van der Waals surface area contributed by atoms with Crippen molar-refractivity contribution >= 4 is 17.6 Å². The molecule has 1 aliphatic carbocycles. The number of carbonyl (C=O) groups is 2. The van der Waals surface area contributed by atoms with E-state index in [1.54, 1.807) is 0 Å². The first-order valence-electron chi connectivity index (χ1n) is 11.1. The second-order valence-corrected chi connectivity index (χ2v) is 9.46. The third kappa shape index (κ3) is 1.72. The minimum atomic E-state index is -1.16. The zero-order valence-corrected chi connectivity index (χ0v) is 18.4. The molecule has 5 saturated heterocycles.